The maximum atomic E-state index is 12.3. The summed E-state index contributed by atoms with van der Waals surface area (Å²) in [6, 6.07) is 1.91. The van der Waals surface area contributed by atoms with Crippen LogP contribution >= 0.6 is 0 Å². The van der Waals surface area contributed by atoms with E-state index in [0.29, 0.717) is 5.92 Å². The van der Waals surface area contributed by atoms with Crippen LogP contribution in [0, 0.1) is 17.8 Å². The van der Waals surface area contributed by atoms with E-state index in [1.54, 1.807) is 18.1 Å². The second-order valence-corrected chi connectivity index (χ2v) is 6.86. The molecule has 130 valence electrons. The van der Waals surface area contributed by atoms with E-state index in [2.05, 4.69) is 6.08 Å². The molecule has 0 aromatic carbocycles. The predicted molar refractivity (Wildman–Crippen MR) is 87.1 cm³/mol. The fraction of sp³-hybridized carbons (Fsp3) is 0.579. The van der Waals surface area contributed by atoms with Gasteiger partial charge in [-0.25, -0.2) is 0 Å². The van der Waals surface area contributed by atoms with Gasteiger partial charge in [0, 0.05) is 12.5 Å². The molecule has 1 aromatic heterocycles. The molecule has 0 amide bonds. The first-order valence-electron chi connectivity index (χ1n) is 8.68. The van der Waals surface area contributed by atoms with Crippen molar-refractivity contribution in [3.8, 4) is 0 Å². The van der Waals surface area contributed by atoms with E-state index in [4.69, 9.17) is 19.1 Å². The van der Waals surface area contributed by atoms with E-state index < -0.39 is 5.97 Å². The SMILES string of the molecule is CC(=O)O.O=C1OC(c2ccoc2)CC2C3=CCCCC3CCC12. The number of furan rings is 1. The summed E-state index contributed by atoms with van der Waals surface area (Å²) < 4.78 is 10.8. The molecule has 2 aliphatic carbocycles. The molecule has 0 radical (unpaired) electrons. The van der Waals surface area contributed by atoms with E-state index in [0.717, 1.165) is 31.2 Å². The molecular formula is C19H24O5. The Morgan fingerprint density at radius 2 is 2.04 bits per heavy atom. The molecule has 2 heterocycles. The lowest BCUT2D eigenvalue weighted by molar-refractivity contribution is -0.166. The molecule has 1 N–H and O–H groups in total. The van der Waals surface area contributed by atoms with Gasteiger partial charge < -0.3 is 14.3 Å². The fourth-order valence-corrected chi connectivity index (χ4v) is 4.30. The third-order valence-corrected chi connectivity index (χ3v) is 5.29. The molecule has 24 heavy (non-hydrogen) atoms. The van der Waals surface area contributed by atoms with Gasteiger partial charge in [0.05, 0.1) is 18.4 Å². The highest BCUT2D eigenvalue weighted by atomic mass is 16.5. The summed E-state index contributed by atoms with van der Waals surface area (Å²) in [5.74, 6) is 0.382. The summed E-state index contributed by atoms with van der Waals surface area (Å²) in [4.78, 5) is 21.3. The molecule has 1 saturated carbocycles. The molecule has 4 atom stereocenters. The number of carbonyl (C=O) groups is 2. The number of rotatable bonds is 1. The summed E-state index contributed by atoms with van der Waals surface area (Å²) in [5, 5.41) is 7.42. The van der Waals surface area contributed by atoms with E-state index in [-0.39, 0.29) is 18.0 Å². The number of allylic oxidation sites excluding steroid dienone is 2. The number of carboxylic acid groups (broad SMARTS) is 1. The number of aliphatic carboxylic acids is 1. The molecule has 4 rings (SSSR count). The van der Waals surface area contributed by atoms with E-state index >= 15 is 0 Å². The monoisotopic (exact) mass is 332 g/mol. The minimum Gasteiger partial charge on any atom is -0.481 e. The number of esters is 1. The van der Waals surface area contributed by atoms with Gasteiger partial charge in [-0.15, -0.1) is 0 Å². The molecule has 4 unspecified atom stereocenters. The Labute approximate surface area is 141 Å². The standard InChI is InChI=1S/C17H20O3.C2H4O2/c18-17-14-6-5-11-3-1-2-4-13(11)15(14)9-16(20-17)12-7-8-19-10-12;1-2(3)4/h4,7-8,10-11,14-16H,1-3,5-6,9H2;1H3,(H,3,4). The molecule has 3 aliphatic rings. The van der Waals surface area contributed by atoms with Crippen LogP contribution in [0.25, 0.3) is 0 Å². The Morgan fingerprint density at radius 1 is 1.25 bits per heavy atom. The highest BCUT2D eigenvalue weighted by Gasteiger charge is 2.45. The maximum absolute atomic E-state index is 12.3. The smallest absolute Gasteiger partial charge is 0.310 e. The number of hydrogen-bond acceptors (Lipinski definition) is 4. The molecule has 1 aromatic rings. The van der Waals surface area contributed by atoms with Crippen molar-refractivity contribution in [1.29, 1.82) is 0 Å². The molecule has 2 fully saturated rings. The third-order valence-electron chi connectivity index (χ3n) is 5.29. The second kappa shape index (κ2) is 7.24. The number of carbonyl (C=O) groups excluding carboxylic acids is 1. The number of cyclic esters (lactones) is 1. The average molecular weight is 332 g/mol. The van der Waals surface area contributed by atoms with Gasteiger partial charge in [0.1, 0.15) is 6.10 Å². The fourth-order valence-electron chi connectivity index (χ4n) is 4.30. The molecule has 5 heteroatoms. The maximum Gasteiger partial charge on any atom is 0.310 e. The minimum atomic E-state index is -0.833. The van der Waals surface area contributed by atoms with Crippen LogP contribution in [0.1, 0.15) is 57.1 Å². The molecule has 1 aliphatic heterocycles. The van der Waals surface area contributed by atoms with Crippen LogP contribution in [0.15, 0.2) is 34.7 Å². The summed E-state index contributed by atoms with van der Waals surface area (Å²) in [6.45, 7) is 1.08. The van der Waals surface area contributed by atoms with Crippen molar-refractivity contribution < 1.29 is 23.8 Å². The number of fused-ring (bicyclic) bond motifs is 3. The van der Waals surface area contributed by atoms with Gasteiger partial charge in [-0.1, -0.05) is 11.6 Å². The van der Waals surface area contributed by atoms with Crippen molar-refractivity contribution >= 4 is 11.9 Å². The Kier molecular flexibility index (Phi) is 5.07. The van der Waals surface area contributed by atoms with Crippen molar-refractivity contribution in [2.24, 2.45) is 17.8 Å². The zero-order chi connectivity index (χ0) is 17.1. The van der Waals surface area contributed by atoms with Crippen LogP contribution < -0.4 is 0 Å². The molecule has 1 saturated heterocycles. The van der Waals surface area contributed by atoms with Gasteiger partial charge in [-0.3, -0.25) is 9.59 Å². The van der Waals surface area contributed by atoms with Gasteiger partial charge in [0.25, 0.3) is 5.97 Å². The van der Waals surface area contributed by atoms with Gasteiger partial charge in [0.15, 0.2) is 0 Å². The highest BCUT2D eigenvalue weighted by Crippen LogP contribution is 2.50. The van der Waals surface area contributed by atoms with Crippen molar-refractivity contribution in [3.63, 3.8) is 0 Å². The summed E-state index contributed by atoms with van der Waals surface area (Å²) in [6.07, 6.45) is 12.5. The Hall–Kier alpha value is -2.04. The number of carboxylic acids is 1. The highest BCUT2D eigenvalue weighted by molar-refractivity contribution is 5.75. The first kappa shape index (κ1) is 16.8. The summed E-state index contributed by atoms with van der Waals surface area (Å²) in [5.41, 5.74) is 2.55. The van der Waals surface area contributed by atoms with Crippen LogP contribution in [0.5, 0.6) is 0 Å². The normalized spacial score (nSPS) is 31.5. The Balaban J connectivity index is 0.000000383. The third kappa shape index (κ3) is 3.55. The van der Waals surface area contributed by atoms with Crippen LogP contribution in [0.3, 0.4) is 0 Å². The van der Waals surface area contributed by atoms with Crippen molar-refractivity contribution in [1.82, 2.24) is 0 Å². The van der Waals surface area contributed by atoms with Crippen LogP contribution in [0.4, 0.5) is 0 Å². The van der Waals surface area contributed by atoms with Crippen LogP contribution in [-0.4, -0.2) is 17.0 Å². The minimum absolute atomic E-state index is 0.00243. The lowest BCUT2D eigenvalue weighted by Gasteiger charge is -2.44. The quantitative estimate of drug-likeness (QED) is 0.618. The van der Waals surface area contributed by atoms with Gasteiger partial charge in [-0.05, 0) is 56.4 Å². The van der Waals surface area contributed by atoms with Gasteiger partial charge >= 0.3 is 5.97 Å². The number of ether oxygens (including phenoxy) is 1. The van der Waals surface area contributed by atoms with Crippen molar-refractivity contribution in [2.75, 3.05) is 0 Å². The van der Waals surface area contributed by atoms with E-state index in [1.165, 1.54) is 25.7 Å². The zero-order valence-electron chi connectivity index (χ0n) is 13.9. The molecule has 0 spiro atoms. The predicted octanol–water partition coefficient (Wildman–Crippen LogP) is 4.11. The van der Waals surface area contributed by atoms with E-state index in [1.807, 2.05) is 6.07 Å². The largest absolute Gasteiger partial charge is 0.481 e. The summed E-state index contributed by atoms with van der Waals surface area (Å²) >= 11 is 0. The zero-order valence-corrected chi connectivity index (χ0v) is 13.9. The van der Waals surface area contributed by atoms with Crippen LogP contribution in [-0.2, 0) is 14.3 Å². The summed E-state index contributed by atoms with van der Waals surface area (Å²) in [7, 11) is 0. The second-order valence-electron chi connectivity index (χ2n) is 6.86. The number of hydrogen-bond donors (Lipinski definition) is 1. The molecule has 5 nitrogen and oxygen atoms in total. The lowest BCUT2D eigenvalue weighted by Crippen LogP contribution is -2.40. The average Bonchev–Trinajstić information content (AvgIpc) is 3.08. The first-order chi connectivity index (χ1) is 11.6. The Bertz CT molecular complexity index is 612. The van der Waals surface area contributed by atoms with Gasteiger partial charge in [0.2, 0.25) is 0 Å². The van der Waals surface area contributed by atoms with Crippen LogP contribution in [0.2, 0.25) is 0 Å². The van der Waals surface area contributed by atoms with Crippen molar-refractivity contribution in [2.45, 2.75) is 51.6 Å². The lowest BCUT2D eigenvalue weighted by atomic mass is 9.64. The van der Waals surface area contributed by atoms with Gasteiger partial charge in [-0.2, -0.15) is 0 Å². The Morgan fingerprint density at radius 3 is 2.75 bits per heavy atom. The topological polar surface area (TPSA) is 76.7 Å². The first-order valence-corrected chi connectivity index (χ1v) is 8.68. The molecule has 0 bridgehead atoms. The van der Waals surface area contributed by atoms with E-state index in [9.17, 15) is 4.79 Å². The van der Waals surface area contributed by atoms with Crippen molar-refractivity contribution in [3.05, 3.63) is 35.8 Å². The molecular weight excluding hydrogens is 308 g/mol.